The van der Waals surface area contributed by atoms with Crippen LogP contribution in [0.1, 0.15) is 87.7 Å². The zero-order valence-electron chi connectivity index (χ0n) is 14.1. The summed E-state index contributed by atoms with van der Waals surface area (Å²) in [5.41, 5.74) is 4.08. The molecule has 1 saturated carbocycles. The van der Waals surface area contributed by atoms with Crippen LogP contribution in [0.25, 0.3) is 0 Å². The van der Waals surface area contributed by atoms with Crippen molar-refractivity contribution in [2.45, 2.75) is 71.6 Å². The van der Waals surface area contributed by atoms with Crippen LogP contribution in [0.2, 0.25) is 0 Å². The van der Waals surface area contributed by atoms with Crippen molar-refractivity contribution in [2.75, 3.05) is 0 Å². The number of ketones is 1. The third kappa shape index (κ3) is 2.17. The number of hydrogen-bond acceptors (Lipinski definition) is 1. The summed E-state index contributed by atoms with van der Waals surface area (Å²) >= 11 is 0. The molecule has 0 heterocycles. The van der Waals surface area contributed by atoms with Crippen molar-refractivity contribution in [1.82, 2.24) is 0 Å². The number of Topliss-reactive ketones (excluding diaryl/α,β-unsaturated/α-hetero) is 1. The molecule has 0 spiro atoms. The first-order chi connectivity index (χ1) is 9.75. The molecule has 1 fully saturated rings. The van der Waals surface area contributed by atoms with Gasteiger partial charge in [0.2, 0.25) is 0 Å². The standard InChI is InChI=1S/C20H28O/c1-13(2)14-7-8-16-15(11-14)17(21)12-18-19(3,4)9-6-10-20(16,18)5/h7-8,11,13,18H,6,9-10,12H2,1-5H3/t18-,20-/m0/s1. The van der Waals surface area contributed by atoms with Crippen LogP contribution >= 0.6 is 0 Å². The molecule has 2 atom stereocenters. The first kappa shape index (κ1) is 14.8. The van der Waals surface area contributed by atoms with E-state index in [1.807, 2.05) is 0 Å². The van der Waals surface area contributed by atoms with Crippen molar-refractivity contribution in [2.24, 2.45) is 11.3 Å². The van der Waals surface area contributed by atoms with E-state index in [1.54, 1.807) is 0 Å². The Morgan fingerprint density at radius 1 is 1.14 bits per heavy atom. The molecule has 3 rings (SSSR count). The second kappa shape index (κ2) is 4.69. The van der Waals surface area contributed by atoms with E-state index in [2.05, 4.69) is 52.8 Å². The lowest BCUT2D eigenvalue weighted by atomic mass is 9.50. The quantitative estimate of drug-likeness (QED) is 0.667. The van der Waals surface area contributed by atoms with Gasteiger partial charge in [0.1, 0.15) is 0 Å². The molecule has 0 N–H and O–H groups in total. The highest BCUT2D eigenvalue weighted by atomic mass is 16.1. The number of hydrogen-bond donors (Lipinski definition) is 0. The van der Waals surface area contributed by atoms with E-state index in [1.165, 1.54) is 30.4 Å². The number of fused-ring (bicyclic) bond motifs is 3. The van der Waals surface area contributed by atoms with Gasteiger partial charge >= 0.3 is 0 Å². The van der Waals surface area contributed by atoms with Crippen LogP contribution in [0.5, 0.6) is 0 Å². The van der Waals surface area contributed by atoms with Gasteiger partial charge in [-0.25, -0.2) is 0 Å². The van der Waals surface area contributed by atoms with Gasteiger partial charge in [0.05, 0.1) is 0 Å². The molecule has 0 amide bonds. The molecule has 1 nitrogen and oxygen atoms in total. The Kier molecular flexibility index (Phi) is 3.31. The van der Waals surface area contributed by atoms with E-state index < -0.39 is 0 Å². The van der Waals surface area contributed by atoms with Crippen LogP contribution < -0.4 is 0 Å². The number of rotatable bonds is 1. The smallest absolute Gasteiger partial charge is 0.163 e. The lowest BCUT2D eigenvalue weighted by Crippen LogP contribution is -2.49. The van der Waals surface area contributed by atoms with Gasteiger partial charge in [-0.05, 0) is 52.7 Å². The SMILES string of the molecule is CC(C)c1ccc2c(c1)C(=O)C[C@H]1C(C)(C)CCC[C@@]21C. The topological polar surface area (TPSA) is 17.1 Å². The highest BCUT2D eigenvalue weighted by molar-refractivity contribution is 5.99. The highest BCUT2D eigenvalue weighted by Crippen LogP contribution is 2.57. The summed E-state index contributed by atoms with van der Waals surface area (Å²) in [7, 11) is 0. The Labute approximate surface area is 129 Å². The van der Waals surface area contributed by atoms with Crippen molar-refractivity contribution in [3.05, 3.63) is 34.9 Å². The Bertz CT molecular complexity index is 582. The minimum absolute atomic E-state index is 0.181. The molecule has 0 unspecified atom stereocenters. The van der Waals surface area contributed by atoms with Gasteiger partial charge in [-0.3, -0.25) is 4.79 Å². The molecule has 21 heavy (non-hydrogen) atoms. The lowest BCUT2D eigenvalue weighted by molar-refractivity contribution is 0.0368. The monoisotopic (exact) mass is 284 g/mol. The van der Waals surface area contributed by atoms with E-state index in [-0.39, 0.29) is 10.8 Å². The van der Waals surface area contributed by atoms with Gasteiger partial charge in [-0.2, -0.15) is 0 Å². The fraction of sp³-hybridized carbons (Fsp3) is 0.650. The normalized spacial score (nSPS) is 31.0. The van der Waals surface area contributed by atoms with Crippen molar-refractivity contribution in [3.8, 4) is 0 Å². The Hall–Kier alpha value is -1.11. The lowest BCUT2D eigenvalue weighted by Gasteiger charge is -2.53. The Morgan fingerprint density at radius 2 is 1.86 bits per heavy atom. The second-order valence-corrected chi connectivity index (χ2v) is 8.40. The molecule has 1 heteroatoms. The predicted molar refractivity (Wildman–Crippen MR) is 88.0 cm³/mol. The second-order valence-electron chi connectivity index (χ2n) is 8.40. The van der Waals surface area contributed by atoms with E-state index >= 15 is 0 Å². The van der Waals surface area contributed by atoms with Crippen molar-refractivity contribution in [3.63, 3.8) is 0 Å². The van der Waals surface area contributed by atoms with Crippen molar-refractivity contribution >= 4 is 5.78 Å². The fourth-order valence-electron chi connectivity index (χ4n) is 4.89. The molecule has 2 aliphatic carbocycles. The minimum atomic E-state index is 0.181. The van der Waals surface area contributed by atoms with E-state index in [0.717, 1.165) is 12.0 Å². The largest absolute Gasteiger partial charge is 0.294 e. The molecule has 0 saturated heterocycles. The van der Waals surface area contributed by atoms with E-state index in [9.17, 15) is 4.79 Å². The fourth-order valence-corrected chi connectivity index (χ4v) is 4.89. The van der Waals surface area contributed by atoms with Crippen LogP contribution in [-0.2, 0) is 5.41 Å². The predicted octanol–water partition coefficient (Wildman–Crippen LogP) is 5.48. The molecule has 1 aromatic rings. The van der Waals surface area contributed by atoms with Crippen LogP contribution in [0, 0.1) is 11.3 Å². The molecule has 0 radical (unpaired) electrons. The summed E-state index contributed by atoms with van der Waals surface area (Å²) in [6, 6.07) is 6.67. The summed E-state index contributed by atoms with van der Waals surface area (Å²) in [6.07, 6.45) is 4.49. The van der Waals surface area contributed by atoms with Gasteiger partial charge in [0, 0.05) is 12.0 Å². The third-order valence-corrected chi connectivity index (χ3v) is 6.25. The Morgan fingerprint density at radius 3 is 2.52 bits per heavy atom. The number of carbonyl (C=O) groups excluding carboxylic acids is 1. The van der Waals surface area contributed by atoms with E-state index in [4.69, 9.17) is 0 Å². The van der Waals surface area contributed by atoms with Crippen LogP contribution in [0.15, 0.2) is 18.2 Å². The molecule has 0 aliphatic heterocycles. The average molecular weight is 284 g/mol. The molecule has 1 aromatic carbocycles. The molecule has 2 aliphatic rings. The molecular weight excluding hydrogens is 256 g/mol. The van der Waals surface area contributed by atoms with Crippen LogP contribution in [0.3, 0.4) is 0 Å². The maximum absolute atomic E-state index is 12.7. The van der Waals surface area contributed by atoms with Gasteiger partial charge in [-0.1, -0.05) is 53.2 Å². The van der Waals surface area contributed by atoms with E-state index in [0.29, 0.717) is 17.6 Å². The molecule has 0 bridgehead atoms. The highest BCUT2D eigenvalue weighted by Gasteiger charge is 2.51. The molecular formula is C20H28O. The van der Waals surface area contributed by atoms with Crippen molar-refractivity contribution in [1.29, 1.82) is 0 Å². The maximum atomic E-state index is 12.7. The third-order valence-electron chi connectivity index (χ3n) is 6.25. The minimum Gasteiger partial charge on any atom is -0.294 e. The number of benzene rings is 1. The summed E-state index contributed by atoms with van der Waals surface area (Å²) < 4.78 is 0. The maximum Gasteiger partial charge on any atom is 0.163 e. The molecule has 0 aromatic heterocycles. The molecule has 114 valence electrons. The zero-order valence-corrected chi connectivity index (χ0v) is 14.1. The number of carbonyl (C=O) groups is 1. The summed E-state index contributed by atoms with van der Waals surface area (Å²) in [4.78, 5) is 12.7. The van der Waals surface area contributed by atoms with Gasteiger partial charge < -0.3 is 0 Å². The summed E-state index contributed by atoms with van der Waals surface area (Å²) in [5.74, 6) is 1.34. The first-order valence-corrected chi connectivity index (χ1v) is 8.43. The summed E-state index contributed by atoms with van der Waals surface area (Å²) in [6.45, 7) is 11.5. The van der Waals surface area contributed by atoms with Gasteiger partial charge in [-0.15, -0.1) is 0 Å². The summed E-state index contributed by atoms with van der Waals surface area (Å²) in [5, 5.41) is 0. The van der Waals surface area contributed by atoms with Gasteiger partial charge in [0.15, 0.2) is 5.78 Å². The van der Waals surface area contributed by atoms with Crippen molar-refractivity contribution < 1.29 is 4.79 Å². The van der Waals surface area contributed by atoms with Crippen LogP contribution in [0.4, 0.5) is 0 Å². The average Bonchev–Trinajstić information content (AvgIpc) is 2.41. The van der Waals surface area contributed by atoms with Crippen LogP contribution in [-0.4, -0.2) is 5.78 Å². The Balaban J connectivity index is 2.15. The first-order valence-electron chi connectivity index (χ1n) is 8.43. The zero-order chi connectivity index (χ0) is 15.4. The van der Waals surface area contributed by atoms with Gasteiger partial charge in [0.25, 0.3) is 0 Å².